The van der Waals surface area contributed by atoms with Gasteiger partial charge in [0.05, 0.1) is 21.7 Å². The van der Waals surface area contributed by atoms with Crippen molar-refractivity contribution in [3.05, 3.63) is 36.3 Å². The van der Waals surface area contributed by atoms with Crippen LogP contribution in [-0.2, 0) is 10.0 Å². The molecule has 1 aliphatic rings. The summed E-state index contributed by atoms with van der Waals surface area (Å²) < 4.78 is 26.9. The molecule has 0 radical (unpaired) electrons. The second-order valence-electron chi connectivity index (χ2n) is 7.57. The lowest BCUT2D eigenvalue weighted by Crippen LogP contribution is -2.27. The fourth-order valence-corrected chi connectivity index (χ4v) is 4.42. The molecule has 1 fully saturated rings. The van der Waals surface area contributed by atoms with Crippen molar-refractivity contribution >= 4 is 44.2 Å². The molecule has 11 heteroatoms. The smallest absolute Gasteiger partial charge is 0.270 e. The highest BCUT2D eigenvalue weighted by Gasteiger charge is 2.22. The fourth-order valence-electron chi connectivity index (χ4n) is 3.66. The van der Waals surface area contributed by atoms with E-state index >= 15 is 0 Å². The number of fused-ring (bicyclic) bond motifs is 1. The Morgan fingerprint density at radius 2 is 1.90 bits per heavy atom. The zero-order chi connectivity index (χ0) is 22.2. The van der Waals surface area contributed by atoms with Crippen LogP contribution in [0.3, 0.4) is 0 Å². The van der Waals surface area contributed by atoms with Gasteiger partial charge in [0.25, 0.3) is 5.91 Å². The first-order chi connectivity index (χ1) is 14.8. The summed E-state index contributed by atoms with van der Waals surface area (Å²) in [5, 5.41) is 3.88. The van der Waals surface area contributed by atoms with E-state index in [2.05, 4.69) is 25.0 Å². The van der Waals surface area contributed by atoms with E-state index in [-0.39, 0.29) is 10.8 Å². The molecule has 3 heterocycles. The van der Waals surface area contributed by atoms with E-state index in [0.717, 1.165) is 31.6 Å². The number of sulfonamides is 1. The van der Waals surface area contributed by atoms with Gasteiger partial charge in [-0.25, -0.2) is 23.1 Å². The van der Waals surface area contributed by atoms with Crippen molar-refractivity contribution in [2.75, 3.05) is 44.4 Å². The third-order valence-corrected chi connectivity index (χ3v) is 6.74. The van der Waals surface area contributed by atoms with E-state index in [1.807, 2.05) is 23.9 Å². The molecule has 1 amide bonds. The van der Waals surface area contributed by atoms with Crippen LogP contribution in [0.15, 0.2) is 35.5 Å². The molecule has 10 nitrogen and oxygen atoms in total. The minimum Gasteiger partial charge on any atom is -0.376 e. The van der Waals surface area contributed by atoms with Crippen LogP contribution in [-0.4, -0.2) is 68.4 Å². The van der Waals surface area contributed by atoms with Gasteiger partial charge in [-0.1, -0.05) is 0 Å². The van der Waals surface area contributed by atoms with Crippen molar-refractivity contribution in [3.63, 3.8) is 0 Å². The number of hydrogen-bond donors (Lipinski definition) is 3. The molecule has 1 saturated heterocycles. The number of H-pyrrole nitrogens is 1. The molecule has 164 valence electrons. The van der Waals surface area contributed by atoms with Crippen LogP contribution in [0.5, 0.6) is 0 Å². The third-order valence-electron chi connectivity index (χ3n) is 5.33. The Kier molecular flexibility index (Phi) is 5.54. The molecular weight excluding hydrogens is 418 g/mol. The summed E-state index contributed by atoms with van der Waals surface area (Å²) in [6.45, 7) is 1.51. The quantitative estimate of drug-likeness (QED) is 0.532. The van der Waals surface area contributed by atoms with Crippen LogP contribution >= 0.6 is 0 Å². The maximum absolute atomic E-state index is 12.8. The minimum absolute atomic E-state index is 0.0578. The number of aromatic nitrogens is 3. The first-order valence-corrected chi connectivity index (χ1v) is 11.4. The van der Waals surface area contributed by atoms with Gasteiger partial charge >= 0.3 is 0 Å². The largest absolute Gasteiger partial charge is 0.376 e. The van der Waals surface area contributed by atoms with Crippen LogP contribution in [0.25, 0.3) is 11.0 Å². The van der Waals surface area contributed by atoms with Crippen LogP contribution in [0, 0.1) is 0 Å². The summed E-state index contributed by atoms with van der Waals surface area (Å²) >= 11 is 0. The first-order valence-electron chi connectivity index (χ1n) is 9.95. The van der Waals surface area contributed by atoms with Crippen LogP contribution in [0.2, 0.25) is 0 Å². The normalized spacial score (nSPS) is 14.2. The van der Waals surface area contributed by atoms with Crippen molar-refractivity contribution in [2.45, 2.75) is 17.7 Å². The summed E-state index contributed by atoms with van der Waals surface area (Å²) in [4.78, 5) is 28.3. The Balaban J connectivity index is 1.74. The predicted octanol–water partition coefficient (Wildman–Crippen LogP) is 1.91. The molecule has 0 atom stereocenters. The zero-order valence-electron chi connectivity index (χ0n) is 17.6. The van der Waals surface area contributed by atoms with Gasteiger partial charge in [-0.3, -0.25) is 4.79 Å². The fraction of sp³-hybridized carbons (Fsp3) is 0.350. The number of rotatable bonds is 6. The molecule has 0 aliphatic carbocycles. The van der Waals surface area contributed by atoms with Gasteiger partial charge in [0, 0.05) is 27.2 Å². The van der Waals surface area contributed by atoms with E-state index in [1.54, 1.807) is 24.3 Å². The van der Waals surface area contributed by atoms with Crippen molar-refractivity contribution in [1.29, 1.82) is 0 Å². The second kappa shape index (κ2) is 8.16. The highest BCUT2D eigenvalue weighted by molar-refractivity contribution is 7.89. The van der Waals surface area contributed by atoms with Crippen LogP contribution in [0.4, 0.5) is 17.2 Å². The molecule has 0 saturated carbocycles. The second-order valence-corrected chi connectivity index (χ2v) is 9.46. The van der Waals surface area contributed by atoms with Gasteiger partial charge in [0.1, 0.15) is 23.5 Å². The van der Waals surface area contributed by atoms with E-state index in [1.165, 1.54) is 13.4 Å². The number of nitrogens with zero attached hydrogens (tertiary/aromatic N) is 4. The molecule has 0 unspecified atom stereocenters. The van der Waals surface area contributed by atoms with E-state index in [9.17, 15) is 13.2 Å². The first kappa shape index (κ1) is 21.1. The molecule has 31 heavy (non-hydrogen) atoms. The maximum atomic E-state index is 12.8. The highest BCUT2D eigenvalue weighted by atomic mass is 32.2. The zero-order valence-corrected chi connectivity index (χ0v) is 18.5. The maximum Gasteiger partial charge on any atom is 0.270 e. The van der Waals surface area contributed by atoms with Gasteiger partial charge in [0.2, 0.25) is 10.0 Å². The Bertz CT molecular complexity index is 1230. The predicted molar refractivity (Wildman–Crippen MR) is 119 cm³/mol. The standard InChI is InChI=1S/C20H25N7O3S/c1-21-31(29,30)13-6-7-17(26(2)3)15(10-13)24-18-14-11-16(25-19(14)23-12-22-18)20(28)27-8-4-5-9-27/h6-7,10-12,21H,4-5,8-9H2,1-3H3,(H2,22,23,24,25). The SMILES string of the molecule is CNS(=O)(=O)c1ccc(N(C)C)c(Nc2ncnc3[nH]c(C(=O)N4CCCC4)cc23)c1. The number of carbonyl (C=O) groups is 1. The van der Waals surface area contributed by atoms with Crippen LogP contribution in [0.1, 0.15) is 23.3 Å². The Morgan fingerprint density at radius 3 is 2.58 bits per heavy atom. The molecule has 4 rings (SSSR count). The van der Waals surface area contributed by atoms with Gasteiger partial charge in [-0.15, -0.1) is 0 Å². The van der Waals surface area contributed by atoms with E-state index in [4.69, 9.17) is 0 Å². The summed E-state index contributed by atoms with van der Waals surface area (Å²) in [7, 11) is 1.49. The Labute approximate surface area is 180 Å². The molecular formula is C20H25N7O3S. The van der Waals surface area contributed by atoms with Crippen LogP contribution < -0.4 is 14.9 Å². The minimum atomic E-state index is -3.61. The van der Waals surface area contributed by atoms with Gasteiger partial charge in [-0.2, -0.15) is 0 Å². The van der Waals surface area contributed by atoms with Crippen molar-refractivity contribution in [2.24, 2.45) is 0 Å². The number of benzene rings is 1. The summed E-state index contributed by atoms with van der Waals surface area (Å²) in [6, 6.07) is 6.56. The molecule has 1 aliphatic heterocycles. The lowest BCUT2D eigenvalue weighted by atomic mass is 10.2. The van der Waals surface area contributed by atoms with E-state index < -0.39 is 10.0 Å². The number of amides is 1. The van der Waals surface area contributed by atoms with Gasteiger partial charge in [0.15, 0.2) is 0 Å². The third kappa shape index (κ3) is 4.06. The average Bonchev–Trinajstić information content (AvgIpc) is 3.43. The lowest BCUT2D eigenvalue weighted by Gasteiger charge is -2.19. The molecule has 2 aromatic heterocycles. The van der Waals surface area contributed by atoms with Gasteiger partial charge in [-0.05, 0) is 44.2 Å². The van der Waals surface area contributed by atoms with E-state index in [0.29, 0.717) is 28.2 Å². The number of anilines is 3. The Hall–Kier alpha value is -3.18. The summed E-state index contributed by atoms with van der Waals surface area (Å²) in [5.41, 5.74) is 2.34. The monoisotopic (exact) mass is 443 g/mol. The summed E-state index contributed by atoms with van der Waals surface area (Å²) in [5.74, 6) is 0.418. The van der Waals surface area contributed by atoms with Gasteiger partial charge < -0.3 is 20.1 Å². The molecule has 0 bridgehead atoms. The van der Waals surface area contributed by atoms with Crippen molar-refractivity contribution in [3.8, 4) is 0 Å². The topological polar surface area (TPSA) is 123 Å². The lowest BCUT2D eigenvalue weighted by molar-refractivity contribution is 0.0788. The Morgan fingerprint density at radius 1 is 1.16 bits per heavy atom. The average molecular weight is 444 g/mol. The number of carbonyl (C=O) groups excluding carboxylic acids is 1. The summed E-state index contributed by atoms with van der Waals surface area (Å²) in [6.07, 6.45) is 3.42. The van der Waals surface area contributed by atoms with Crippen molar-refractivity contribution < 1.29 is 13.2 Å². The number of likely N-dealkylation sites (tertiary alicyclic amines) is 1. The number of aromatic amines is 1. The number of nitrogens with one attached hydrogen (secondary N) is 3. The number of hydrogen-bond acceptors (Lipinski definition) is 7. The molecule has 1 aromatic carbocycles. The van der Waals surface area contributed by atoms with Crippen molar-refractivity contribution in [1.82, 2.24) is 24.6 Å². The molecule has 0 spiro atoms. The highest BCUT2D eigenvalue weighted by Crippen LogP contribution is 2.32. The molecule has 3 aromatic rings. The molecule has 3 N–H and O–H groups in total.